The molecule has 0 aromatic carbocycles. The first-order chi connectivity index (χ1) is 12.7. The summed E-state index contributed by atoms with van der Waals surface area (Å²) in [5.74, 6) is 0.557. The molecule has 1 atom stereocenters. The van der Waals surface area contributed by atoms with Gasteiger partial charge in [-0.2, -0.15) is 5.10 Å². The lowest BCUT2D eigenvalue weighted by Gasteiger charge is -2.21. The summed E-state index contributed by atoms with van der Waals surface area (Å²) in [6, 6.07) is 2.01. The molecule has 1 N–H and O–H groups in total. The van der Waals surface area contributed by atoms with Crippen molar-refractivity contribution in [3.8, 4) is 0 Å². The summed E-state index contributed by atoms with van der Waals surface area (Å²) in [5, 5.41) is 17.2. The number of aromatic nitrogens is 2. The maximum atomic E-state index is 13.2. The van der Waals surface area contributed by atoms with Crippen molar-refractivity contribution in [2.75, 3.05) is 6.54 Å². The van der Waals surface area contributed by atoms with Crippen LogP contribution in [0, 0.1) is 5.92 Å². The highest BCUT2D eigenvalue weighted by molar-refractivity contribution is 7.12. The molecular formula is C20H25N3O2S. The Balaban J connectivity index is 1.38. The van der Waals surface area contributed by atoms with Gasteiger partial charge in [0, 0.05) is 13.1 Å². The molecule has 26 heavy (non-hydrogen) atoms. The van der Waals surface area contributed by atoms with Gasteiger partial charge in [0.05, 0.1) is 22.8 Å². The SMILES string of the molecule is O=C(c1scc2c1CCCC2)N1CCCn2nc([C@H](O)C3CC3)cc2C1. The standard InChI is InChI=1S/C20H25N3O2S/c24-18(13-6-7-13)17-10-15-11-22(8-3-9-23(15)21-17)20(25)19-16-5-2-1-4-14(16)12-26-19/h10,12-13,18,24H,1-9,11H2/t18-/m1/s1. The molecule has 0 unspecified atom stereocenters. The number of rotatable bonds is 3. The minimum absolute atomic E-state index is 0.178. The van der Waals surface area contributed by atoms with Gasteiger partial charge in [0.2, 0.25) is 0 Å². The second kappa shape index (κ2) is 6.50. The highest BCUT2D eigenvalue weighted by atomic mass is 32.1. The van der Waals surface area contributed by atoms with E-state index >= 15 is 0 Å². The number of carbonyl (C=O) groups is 1. The number of aliphatic hydroxyl groups excluding tert-OH is 1. The molecule has 0 bridgehead atoms. The van der Waals surface area contributed by atoms with Crippen LogP contribution in [-0.4, -0.2) is 32.2 Å². The van der Waals surface area contributed by atoms with Gasteiger partial charge in [0.15, 0.2) is 0 Å². The number of hydrogen-bond donors (Lipinski definition) is 1. The summed E-state index contributed by atoms with van der Waals surface area (Å²) < 4.78 is 2.00. The number of thiophene rings is 1. The van der Waals surface area contributed by atoms with Gasteiger partial charge in [-0.1, -0.05) is 0 Å². The van der Waals surface area contributed by atoms with Gasteiger partial charge >= 0.3 is 0 Å². The van der Waals surface area contributed by atoms with Gasteiger partial charge in [-0.25, -0.2) is 0 Å². The fourth-order valence-corrected chi connectivity index (χ4v) is 5.42. The Morgan fingerprint density at radius 2 is 2.08 bits per heavy atom. The van der Waals surface area contributed by atoms with Crippen LogP contribution in [0.1, 0.15) is 70.4 Å². The molecule has 6 heteroatoms. The number of carbonyl (C=O) groups excluding carboxylic acids is 1. The lowest BCUT2D eigenvalue weighted by molar-refractivity contribution is 0.0749. The van der Waals surface area contributed by atoms with Gasteiger partial charge in [0.25, 0.3) is 5.91 Å². The van der Waals surface area contributed by atoms with Crippen LogP contribution < -0.4 is 0 Å². The van der Waals surface area contributed by atoms with Crippen LogP contribution >= 0.6 is 11.3 Å². The minimum Gasteiger partial charge on any atom is -0.386 e. The van der Waals surface area contributed by atoms with Crippen LogP contribution in [0.3, 0.4) is 0 Å². The van der Waals surface area contributed by atoms with Crippen molar-refractivity contribution >= 4 is 17.2 Å². The number of hydrogen-bond acceptors (Lipinski definition) is 4. The summed E-state index contributed by atoms with van der Waals surface area (Å²) in [6.07, 6.45) is 7.26. The molecule has 0 spiro atoms. The van der Waals surface area contributed by atoms with Crippen molar-refractivity contribution in [2.45, 2.75) is 64.1 Å². The average Bonchev–Trinajstić information content (AvgIpc) is 3.36. The van der Waals surface area contributed by atoms with E-state index in [1.807, 2.05) is 15.6 Å². The molecular weight excluding hydrogens is 346 g/mol. The molecule has 0 saturated heterocycles. The lowest BCUT2D eigenvalue weighted by atomic mass is 9.93. The van der Waals surface area contributed by atoms with E-state index < -0.39 is 6.10 Å². The third-order valence-corrected chi connectivity index (χ3v) is 7.05. The van der Waals surface area contributed by atoms with Crippen LogP contribution in [0.2, 0.25) is 0 Å². The smallest absolute Gasteiger partial charge is 0.264 e. The topological polar surface area (TPSA) is 58.4 Å². The second-order valence-corrected chi connectivity index (χ2v) is 8.80. The van der Waals surface area contributed by atoms with E-state index in [0.29, 0.717) is 12.5 Å². The Morgan fingerprint density at radius 1 is 1.23 bits per heavy atom. The molecule has 5 rings (SSSR count). The van der Waals surface area contributed by atoms with Crippen molar-refractivity contribution in [1.82, 2.24) is 14.7 Å². The van der Waals surface area contributed by atoms with Gasteiger partial charge in [-0.05, 0) is 73.4 Å². The summed E-state index contributed by atoms with van der Waals surface area (Å²) in [5.41, 5.74) is 4.52. The average molecular weight is 372 g/mol. The molecule has 3 aliphatic rings. The van der Waals surface area contributed by atoms with Crippen molar-refractivity contribution in [3.05, 3.63) is 38.8 Å². The zero-order valence-electron chi connectivity index (χ0n) is 15.0. The van der Waals surface area contributed by atoms with E-state index in [1.165, 1.54) is 24.0 Å². The maximum absolute atomic E-state index is 13.2. The number of nitrogens with zero attached hydrogens (tertiary/aromatic N) is 3. The van der Waals surface area contributed by atoms with E-state index in [-0.39, 0.29) is 5.91 Å². The van der Waals surface area contributed by atoms with Crippen LogP contribution in [0.25, 0.3) is 0 Å². The van der Waals surface area contributed by atoms with Crippen molar-refractivity contribution in [3.63, 3.8) is 0 Å². The molecule has 3 heterocycles. The van der Waals surface area contributed by atoms with Crippen LogP contribution in [0.4, 0.5) is 0 Å². The van der Waals surface area contributed by atoms with Crippen molar-refractivity contribution in [2.24, 2.45) is 5.92 Å². The van der Waals surface area contributed by atoms with Crippen LogP contribution in [-0.2, 0) is 25.9 Å². The van der Waals surface area contributed by atoms with E-state index in [2.05, 4.69) is 10.5 Å². The zero-order valence-corrected chi connectivity index (χ0v) is 15.8. The number of aliphatic hydroxyl groups is 1. The molecule has 138 valence electrons. The molecule has 0 radical (unpaired) electrons. The Morgan fingerprint density at radius 3 is 2.92 bits per heavy atom. The fourth-order valence-electron chi connectivity index (χ4n) is 4.30. The third kappa shape index (κ3) is 2.89. The normalized spacial score (nSPS) is 21.0. The summed E-state index contributed by atoms with van der Waals surface area (Å²) in [6.45, 7) is 2.18. The molecule has 2 aromatic heterocycles. The molecule has 1 saturated carbocycles. The number of aryl methyl sites for hydroxylation is 2. The Kier molecular flexibility index (Phi) is 4.13. The Bertz CT molecular complexity index is 836. The first kappa shape index (κ1) is 16.5. The van der Waals surface area contributed by atoms with E-state index in [4.69, 9.17) is 0 Å². The highest BCUT2D eigenvalue weighted by Gasteiger charge is 2.33. The minimum atomic E-state index is -0.442. The van der Waals surface area contributed by atoms with Gasteiger partial charge in [0.1, 0.15) is 6.10 Å². The van der Waals surface area contributed by atoms with Gasteiger partial charge in [-0.15, -0.1) is 11.3 Å². The third-order valence-electron chi connectivity index (χ3n) is 5.99. The molecule has 1 aliphatic heterocycles. The zero-order chi connectivity index (χ0) is 17.7. The number of amides is 1. The predicted octanol–water partition coefficient (Wildman–Crippen LogP) is 3.31. The molecule has 1 amide bonds. The Hall–Kier alpha value is -1.66. The van der Waals surface area contributed by atoms with E-state index in [9.17, 15) is 9.90 Å². The maximum Gasteiger partial charge on any atom is 0.264 e. The Labute approximate surface area is 157 Å². The first-order valence-corrected chi connectivity index (χ1v) is 10.7. The molecule has 5 nitrogen and oxygen atoms in total. The predicted molar refractivity (Wildman–Crippen MR) is 100 cm³/mol. The second-order valence-electron chi connectivity index (χ2n) is 7.92. The first-order valence-electron chi connectivity index (χ1n) is 9.84. The van der Waals surface area contributed by atoms with Gasteiger partial charge in [-0.3, -0.25) is 9.48 Å². The summed E-state index contributed by atoms with van der Waals surface area (Å²) >= 11 is 1.62. The summed E-state index contributed by atoms with van der Waals surface area (Å²) in [7, 11) is 0. The largest absolute Gasteiger partial charge is 0.386 e. The lowest BCUT2D eigenvalue weighted by Crippen LogP contribution is -2.31. The summed E-state index contributed by atoms with van der Waals surface area (Å²) in [4.78, 5) is 16.1. The van der Waals surface area contributed by atoms with Gasteiger partial charge < -0.3 is 10.0 Å². The molecule has 2 aromatic rings. The number of fused-ring (bicyclic) bond motifs is 2. The fraction of sp³-hybridized carbons (Fsp3) is 0.600. The van der Waals surface area contributed by atoms with E-state index in [1.54, 1.807) is 11.3 Å². The van der Waals surface area contributed by atoms with Crippen LogP contribution in [0.5, 0.6) is 0 Å². The van der Waals surface area contributed by atoms with Crippen LogP contribution in [0.15, 0.2) is 11.4 Å². The highest BCUT2D eigenvalue weighted by Crippen LogP contribution is 2.40. The molecule has 1 fully saturated rings. The quantitative estimate of drug-likeness (QED) is 0.900. The van der Waals surface area contributed by atoms with E-state index in [0.717, 1.165) is 61.5 Å². The van der Waals surface area contributed by atoms with Crippen molar-refractivity contribution < 1.29 is 9.90 Å². The van der Waals surface area contributed by atoms with Crippen molar-refractivity contribution in [1.29, 1.82) is 0 Å². The molecule has 2 aliphatic carbocycles. The monoisotopic (exact) mass is 371 g/mol.